The summed E-state index contributed by atoms with van der Waals surface area (Å²) in [5.41, 5.74) is 0. The maximum absolute atomic E-state index is 2.38. The molecule has 0 spiro atoms. The normalized spacial score (nSPS) is 33.5. The van der Waals surface area contributed by atoms with Crippen molar-refractivity contribution in [2.45, 2.75) is 128 Å². The van der Waals surface area contributed by atoms with Crippen molar-refractivity contribution in [3.05, 3.63) is 0 Å². The number of hydrogen-bond acceptors (Lipinski definition) is 1. The SMILES string of the molecule is CCCCCCCC1CCC(C2CCC(CCCC)(SC)CC2)CC1. The predicted octanol–water partition coefficient (Wildman–Crippen LogP) is 8.64. The van der Waals surface area contributed by atoms with Crippen LogP contribution in [0, 0.1) is 17.8 Å². The summed E-state index contributed by atoms with van der Waals surface area (Å²) in [5, 5.41) is 0. The summed E-state index contributed by atoms with van der Waals surface area (Å²) < 4.78 is 0.655. The first-order chi connectivity index (χ1) is 12.2. The third-order valence-corrected chi connectivity index (χ3v) is 9.11. The summed E-state index contributed by atoms with van der Waals surface area (Å²) in [6, 6.07) is 0. The maximum Gasteiger partial charge on any atom is 0.0157 e. The molecule has 148 valence electrons. The Morgan fingerprint density at radius 3 is 1.92 bits per heavy atom. The smallest absolute Gasteiger partial charge is 0.0157 e. The maximum atomic E-state index is 2.38. The summed E-state index contributed by atoms with van der Waals surface area (Å²) >= 11 is 2.20. The molecule has 2 fully saturated rings. The van der Waals surface area contributed by atoms with Crippen LogP contribution >= 0.6 is 11.8 Å². The lowest BCUT2D eigenvalue weighted by Crippen LogP contribution is -2.34. The third kappa shape index (κ3) is 7.11. The average molecular weight is 367 g/mol. The number of rotatable bonds is 11. The van der Waals surface area contributed by atoms with E-state index in [1.807, 2.05) is 0 Å². The monoisotopic (exact) mass is 366 g/mol. The zero-order valence-electron chi connectivity index (χ0n) is 17.7. The van der Waals surface area contributed by atoms with Gasteiger partial charge in [-0.2, -0.15) is 11.8 Å². The molecule has 0 atom stereocenters. The fraction of sp³-hybridized carbons (Fsp3) is 1.00. The molecular formula is C24H46S. The van der Waals surface area contributed by atoms with Gasteiger partial charge in [0.2, 0.25) is 0 Å². The van der Waals surface area contributed by atoms with Crippen molar-refractivity contribution in [1.29, 1.82) is 0 Å². The van der Waals surface area contributed by atoms with Gasteiger partial charge < -0.3 is 0 Å². The number of hydrogen-bond donors (Lipinski definition) is 0. The first-order valence-corrected chi connectivity index (χ1v) is 13.0. The molecule has 0 aliphatic heterocycles. The topological polar surface area (TPSA) is 0 Å². The van der Waals surface area contributed by atoms with Crippen molar-refractivity contribution in [1.82, 2.24) is 0 Å². The molecule has 0 nitrogen and oxygen atoms in total. The summed E-state index contributed by atoms with van der Waals surface area (Å²) in [4.78, 5) is 0. The van der Waals surface area contributed by atoms with Gasteiger partial charge in [0.15, 0.2) is 0 Å². The van der Waals surface area contributed by atoms with Crippen LogP contribution in [0.5, 0.6) is 0 Å². The number of thioether (sulfide) groups is 1. The minimum Gasteiger partial charge on any atom is -0.159 e. The van der Waals surface area contributed by atoms with Gasteiger partial charge >= 0.3 is 0 Å². The molecule has 0 heterocycles. The summed E-state index contributed by atoms with van der Waals surface area (Å²) in [6.07, 6.45) is 27.8. The minimum absolute atomic E-state index is 0.655. The molecule has 0 radical (unpaired) electrons. The standard InChI is InChI=1S/C24H46S/c1-4-6-8-9-10-11-21-12-14-22(15-13-21)23-16-19-24(25-3,20-17-23)18-7-5-2/h21-23H,4-20H2,1-3H3. The van der Waals surface area contributed by atoms with Crippen molar-refractivity contribution in [3.63, 3.8) is 0 Å². The van der Waals surface area contributed by atoms with Gasteiger partial charge in [0.25, 0.3) is 0 Å². The van der Waals surface area contributed by atoms with Gasteiger partial charge in [-0.05, 0) is 69.0 Å². The molecule has 2 aliphatic rings. The Morgan fingerprint density at radius 1 is 0.720 bits per heavy atom. The summed E-state index contributed by atoms with van der Waals surface area (Å²) in [5.74, 6) is 3.24. The third-order valence-electron chi connectivity index (χ3n) is 7.63. The van der Waals surface area contributed by atoms with Gasteiger partial charge in [0.05, 0.1) is 0 Å². The van der Waals surface area contributed by atoms with E-state index in [0.717, 1.165) is 17.8 Å². The highest BCUT2D eigenvalue weighted by Crippen LogP contribution is 2.48. The predicted molar refractivity (Wildman–Crippen MR) is 117 cm³/mol. The zero-order valence-corrected chi connectivity index (χ0v) is 18.5. The van der Waals surface area contributed by atoms with Crippen molar-refractivity contribution >= 4 is 11.8 Å². The second-order valence-electron chi connectivity index (χ2n) is 9.31. The summed E-state index contributed by atoms with van der Waals surface area (Å²) in [7, 11) is 0. The van der Waals surface area contributed by atoms with Crippen molar-refractivity contribution in [2.24, 2.45) is 17.8 Å². The molecule has 0 aromatic rings. The molecule has 2 rings (SSSR count). The highest BCUT2D eigenvalue weighted by atomic mass is 32.2. The van der Waals surface area contributed by atoms with Crippen molar-refractivity contribution < 1.29 is 0 Å². The molecule has 0 aromatic heterocycles. The second-order valence-corrected chi connectivity index (χ2v) is 10.6. The molecule has 0 amide bonds. The fourth-order valence-corrected chi connectivity index (χ4v) is 6.67. The first-order valence-electron chi connectivity index (χ1n) is 11.8. The Kier molecular flexibility index (Phi) is 10.3. The first kappa shape index (κ1) is 21.6. The van der Waals surface area contributed by atoms with E-state index in [1.165, 1.54) is 83.5 Å². The van der Waals surface area contributed by atoms with Crippen molar-refractivity contribution in [3.8, 4) is 0 Å². The van der Waals surface area contributed by atoms with Crippen LogP contribution in [0.25, 0.3) is 0 Å². The van der Waals surface area contributed by atoms with Crippen LogP contribution in [-0.4, -0.2) is 11.0 Å². The van der Waals surface area contributed by atoms with Crippen LogP contribution in [0.15, 0.2) is 0 Å². The molecule has 0 aromatic carbocycles. The highest BCUT2D eigenvalue weighted by molar-refractivity contribution is 8.00. The minimum atomic E-state index is 0.655. The lowest BCUT2D eigenvalue weighted by Gasteiger charge is -2.43. The van der Waals surface area contributed by atoms with E-state index in [0.29, 0.717) is 4.75 Å². The lowest BCUT2D eigenvalue weighted by molar-refractivity contribution is 0.148. The van der Waals surface area contributed by atoms with E-state index in [1.54, 1.807) is 25.7 Å². The van der Waals surface area contributed by atoms with E-state index in [9.17, 15) is 0 Å². The highest BCUT2D eigenvalue weighted by Gasteiger charge is 2.37. The van der Waals surface area contributed by atoms with E-state index in [-0.39, 0.29) is 0 Å². The average Bonchev–Trinajstić information content (AvgIpc) is 2.67. The Morgan fingerprint density at radius 2 is 1.32 bits per heavy atom. The van der Waals surface area contributed by atoms with Gasteiger partial charge in [0.1, 0.15) is 0 Å². The fourth-order valence-electron chi connectivity index (χ4n) is 5.68. The molecule has 0 bridgehead atoms. The largest absolute Gasteiger partial charge is 0.159 e. The molecule has 2 saturated carbocycles. The van der Waals surface area contributed by atoms with Gasteiger partial charge in [0, 0.05) is 4.75 Å². The van der Waals surface area contributed by atoms with Crippen LogP contribution in [0.2, 0.25) is 0 Å². The van der Waals surface area contributed by atoms with Crippen LogP contribution in [0.1, 0.15) is 123 Å². The molecule has 25 heavy (non-hydrogen) atoms. The Bertz CT molecular complexity index is 321. The van der Waals surface area contributed by atoms with Crippen LogP contribution in [-0.2, 0) is 0 Å². The quantitative estimate of drug-likeness (QED) is 0.330. The number of unbranched alkanes of at least 4 members (excludes halogenated alkanes) is 5. The van der Waals surface area contributed by atoms with Gasteiger partial charge in [-0.15, -0.1) is 0 Å². The van der Waals surface area contributed by atoms with Gasteiger partial charge in [-0.1, -0.05) is 78.1 Å². The van der Waals surface area contributed by atoms with Crippen molar-refractivity contribution in [2.75, 3.05) is 6.26 Å². The summed E-state index contributed by atoms with van der Waals surface area (Å²) in [6.45, 7) is 4.67. The Hall–Kier alpha value is 0.350. The lowest BCUT2D eigenvalue weighted by atomic mass is 9.68. The molecule has 1 heteroatoms. The Labute approximate surface area is 163 Å². The van der Waals surface area contributed by atoms with Crippen LogP contribution in [0.4, 0.5) is 0 Å². The Balaban J connectivity index is 1.63. The molecular weight excluding hydrogens is 320 g/mol. The molecule has 0 unspecified atom stereocenters. The second kappa shape index (κ2) is 11.9. The van der Waals surface area contributed by atoms with Crippen LogP contribution < -0.4 is 0 Å². The van der Waals surface area contributed by atoms with E-state index < -0.39 is 0 Å². The molecule has 0 N–H and O–H groups in total. The zero-order chi connectivity index (χ0) is 18.0. The molecule has 0 saturated heterocycles. The molecule has 2 aliphatic carbocycles. The van der Waals surface area contributed by atoms with Gasteiger partial charge in [-0.3, -0.25) is 0 Å². The van der Waals surface area contributed by atoms with E-state index in [4.69, 9.17) is 0 Å². The van der Waals surface area contributed by atoms with Gasteiger partial charge in [-0.25, -0.2) is 0 Å². The van der Waals surface area contributed by atoms with Crippen LogP contribution in [0.3, 0.4) is 0 Å². The van der Waals surface area contributed by atoms with E-state index in [2.05, 4.69) is 31.9 Å². The van der Waals surface area contributed by atoms with E-state index >= 15 is 0 Å².